The van der Waals surface area contributed by atoms with Crippen molar-refractivity contribution in [2.75, 3.05) is 6.54 Å². The molecule has 0 saturated heterocycles. The van der Waals surface area contributed by atoms with Crippen molar-refractivity contribution >= 4 is 5.91 Å². The van der Waals surface area contributed by atoms with Gasteiger partial charge in [0.25, 0.3) is 0 Å². The zero-order chi connectivity index (χ0) is 18.7. The normalized spacial score (nSPS) is 15.7. The summed E-state index contributed by atoms with van der Waals surface area (Å²) in [4.78, 5) is 12.0. The van der Waals surface area contributed by atoms with Crippen molar-refractivity contribution in [3.8, 4) is 0 Å². The number of nitrogens with zero attached hydrogens (tertiary/aromatic N) is 1. The lowest BCUT2D eigenvalue weighted by atomic mass is 9.96. The molecule has 0 spiro atoms. The van der Waals surface area contributed by atoms with Gasteiger partial charge in [-0.15, -0.1) is 0 Å². The molecule has 140 valence electrons. The van der Waals surface area contributed by atoms with E-state index in [9.17, 15) is 18.0 Å². The van der Waals surface area contributed by atoms with Gasteiger partial charge in [0.05, 0.1) is 11.3 Å². The maximum absolute atomic E-state index is 12.6. The third kappa shape index (κ3) is 4.86. The molecular formula is C19H21F3N2O2. The number of hydrogen-bond acceptors (Lipinski definition) is 3. The van der Waals surface area contributed by atoms with Gasteiger partial charge in [0.2, 0.25) is 5.91 Å². The summed E-state index contributed by atoms with van der Waals surface area (Å²) in [5.41, 5.74) is 0.845. The molecule has 1 N–H and O–H groups in total. The topological polar surface area (TPSA) is 55.1 Å². The predicted molar refractivity (Wildman–Crippen MR) is 89.7 cm³/mol. The van der Waals surface area contributed by atoms with E-state index in [2.05, 4.69) is 10.5 Å². The average molecular weight is 366 g/mol. The Morgan fingerprint density at radius 3 is 2.62 bits per heavy atom. The van der Waals surface area contributed by atoms with E-state index in [0.29, 0.717) is 24.4 Å². The Labute approximate surface area is 149 Å². The van der Waals surface area contributed by atoms with E-state index < -0.39 is 11.7 Å². The summed E-state index contributed by atoms with van der Waals surface area (Å²) in [6, 6.07) is 6.89. The maximum Gasteiger partial charge on any atom is 0.416 e. The van der Waals surface area contributed by atoms with Gasteiger partial charge in [-0.1, -0.05) is 24.2 Å². The van der Waals surface area contributed by atoms with Crippen LogP contribution in [-0.2, 0) is 17.4 Å². The molecule has 0 radical (unpaired) electrons. The van der Waals surface area contributed by atoms with E-state index >= 15 is 0 Å². The average Bonchev–Trinajstić information content (AvgIpc) is 3.33. The number of rotatable bonds is 7. The summed E-state index contributed by atoms with van der Waals surface area (Å²) in [5.74, 6) is 1.13. The summed E-state index contributed by atoms with van der Waals surface area (Å²) in [7, 11) is 0. The highest BCUT2D eigenvalue weighted by molar-refractivity contribution is 5.76. The smallest absolute Gasteiger partial charge is 0.361 e. The van der Waals surface area contributed by atoms with Crippen LogP contribution in [-0.4, -0.2) is 17.6 Å². The van der Waals surface area contributed by atoms with Crippen molar-refractivity contribution in [2.45, 2.75) is 50.6 Å². The lowest BCUT2D eigenvalue weighted by Gasteiger charge is -2.13. The minimum atomic E-state index is -4.35. The van der Waals surface area contributed by atoms with Crippen LogP contribution in [0.15, 0.2) is 34.9 Å². The number of amides is 1. The molecule has 1 aromatic heterocycles. The van der Waals surface area contributed by atoms with Crippen LogP contribution in [0.1, 0.15) is 60.6 Å². The fraction of sp³-hybridized carbons (Fsp3) is 0.474. The SMILES string of the molecule is C[C@H](CC(=O)NCCc1cc(C2CC2)on1)c1ccc(C(F)(F)F)cc1. The van der Waals surface area contributed by atoms with Gasteiger partial charge >= 0.3 is 6.18 Å². The zero-order valence-corrected chi connectivity index (χ0v) is 14.5. The first-order valence-electron chi connectivity index (χ1n) is 8.72. The van der Waals surface area contributed by atoms with E-state index in [1.165, 1.54) is 12.1 Å². The molecule has 1 aromatic carbocycles. The number of alkyl halides is 3. The second kappa shape index (κ2) is 7.51. The fourth-order valence-corrected chi connectivity index (χ4v) is 2.81. The summed E-state index contributed by atoms with van der Waals surface area (Å²) in [6.07, 6.45) is -1.24. The van der Waals surface area contributed by atoms with E-state index in [4.69, 9.17) is 4.52 Å². The van der Waals surface area contributed by atoms with Gasteiger partial charge in [-0.05, 0) is 36.5 Å². The number of benzene rings is 1. The Balaban J connectivity index is 1.43. The van der Waals surface area contributed by atoms with Crippen LogP contribution in [0.4, 0.5) is 13.2 Å². The predicted octanol–water partition coefficient (Wildman–Crippen LogP) is 4.42. The summed E-state index contributed by atoms with van der Waals surface area (Å²) in [5, 5.41) is 6.81. The van der Waals surface area contributed by atoms with E-state index in [-0.39, 0.29) is 18.2 Å². The van der Waals surface area contributed by atoms with Crippen molar-refractivity contribution in [3.05, 3.63) is 52.9 Å². The zero-order valence-electron chi connectivity index (χ0n) is 14.5. The largest absolute Gasteiger partial charge is 0.416 e. The molecule has 3 rings (SSSR count). The molecule has 0 unspecified atom stereocenters. The van der Waals surface area contributed by atoms with Crippen molar-refractivity contribution in [2.24, 2.45) is 0 Å². The van der Waals surface area contributed by atoms with Gasteiger partial charge < -0.3 is 9.84 Å². The third-order valence-corrected chi connectivity index (χ3v) is 4.56. The first kappa shape index (κ1) is 18.5. The van der Waals surface area contributed by atoms with Gasteiger partial charge in [0.15, 0.2) is 0 Å². The molecule has 1 atom stereocenters. The second-order valence-corrected chi connectivity index (χ2v) is 6.82. The molecule has 26 heavy (non-hydrogen) atoms. The van der Waals surface area contributed by atoms with Gasteiger partial charge in [-0.25, -0.2) is 0 Å². The van der Waals surface area contributed by atoms with Crippen LogP contribution in [0.2, 0.25) is 0 Å². The highest BCUT2D eigenvalue weighted by Crippen LogP contribution is 2.40. The minimum Gasteiger partial charge on any atom is -0.361 e. The minimum absolute atomic E-state index is 0.136. The number of hydrogen-bond donors (Lipinski definition) is 1. The second-order valence-electron chi connectivity index (χ2n) is 6.82. The van der Waals surface area contributed by atoms with Crippen molar-refractivity contribution in [3.63, 3.8) is 0 Å². The number of halogens is 3. The van der Waals surface area contributed by atoms with Crippen LogP contribution in [0, 0.1) is 0 Å². The lowest BCUT2D eigenvalue weighted by molar-refractivity contribution is -0.137. The fourth-order valence-electron chi connectivity index (χ4n) is 2.81. The molecule has 1 amide bonds. The van der Waals surface area contributed by atoms with E-state index in [1.54, 1.807) is 0 Å². The van der Waals surface area contributed by atoms with Crippen LogP contribution >= 0.6 is 0 Å². The highest BCUT2D eigenvalue weighted by Gasteiger charge is 2.30. The van der Waals surface area contributed by atoms with Crippen molar-refractivity contribution in [1.82, 2.24) is 10.5 Å². The third-order valence-electron chi connectivity index (χ3n) is 4.56. The molecule has 7 heteroatoms. The van der Waals surface area contributed by atoms with Gasteiger partial charge in [-0.2, -0.15) is 13.2 Å². The molecule has 4 nitrogen and oxygen atoms in total. The van der Waals surface area contributed by atoms with Crippen molar-refractivity contribution in [1.29, 1.82) is 0 Å². The molecule has 1 saturated carbocycles. The van der Waals surface area contributed by atoms with Crippen LogP contribution in [0.3, 0.4) is 0 Å². The monoisotopic (exact) mass is 366 g/mol. The molecule has 0 bridgehead atoms. The van der Waals surface area contributed by atoms with Gasteiger partial charge in [0.1, 0.15) is 5.76 Å². The first-order valence-corrected chi connectivity index (χ1v) is 8.72. The highest BCUT2D eigenvalue weighted by atomic mass is 19.4. The van der Waals surface area contributed by atoms with Crippen LogP contribution in [0.5, 0.6) is 0 Å². The molecule has 1 aliphatic carbocycles. The summed E-state index contributed by atoms with van der Waals surface area (Å²) in [6.45, 7) is 2.27. The molecule has 0 aliphatic heterocycles. The Morgan fingerprint density at radius 2 is 2.00 bits per heavy atom. The van der Waals surface area contributed by atoms with Gasteiger partial charge in [-0.3, -0.25) is 4.79 Å². The first-order chi connectivity index (χ1) is 12.3. The van der Waals surface area contributed by atoms with Crippen LogP contribution < -0.4 is 5.32 Å². The van der Waals surface area contributed by atoms with Crippen LogP contribution in [0.25, 0.3) is 0 Å². The maximum atomic E-state index is 12.6. The number of carbonyl (C=O) groups is 1. The lowest BCUT2D eigenvalue weighted by Crippen LogP contribution is -2.26. The molecule has 2 aromatic rings. The summed E-state index contributed by atoms with van der Waals surface area (Å²) >= 11 is 0. The number of nitrogens with one attached hydrogen (secondary N) is 1. The Morgan fingerprint density at radius 1 is 1.31 bits per heavy atom. The Hall–Kier alpha value is -2.31. The standard InChI is InChI=1S/C19H21F3N2O2/c1-12(13-4-6-15(7-5-13)19(20,21)22)10-18(25)23-9-8-16-11-17(26-24-16)14-2-3-14/h4-7,11-12,14H,2-3,8-10H2,1H3,(H,23,25)/t12-/m1/s1. The molecule has 1 heterocycles. The summed E-state index contributed by atoms with van der Waals surface area (Å²) < 4.78 is 43.0. The molecule has 1 aliphatic rings. The van der Waals surface area contributed by atoms with Crippen molar-refractivity contribution < 1.29 is 22.5 Å². The van der Waals surface area contributed by atoms with E-state index in [0.717, 1.165) is 36.4 Å². The Kier molecular flexibility index (Phi) is 5.34. The molecular weight excluding hydrogens is 345 g/mol. The molecule has 1 fully saturated rings. The van der Waals surface area contributed by atoms with E-state index in [1.807, 2.05) is 13.0 Å². The number of aromatic nitrogens is 1. The number of carbonyl (C=O) groups excluding carboxylic acids is 1. The van der Waals surface area contributed by atoms with Gasteiger partial charge in [0, 0.05) is 31.4 Å². The quantitative estimate of drug-likeness (QED) is 0.789. The Bertz CT molecular complexity index is 749.